The van der Waals surface area contributed by atoms with Crippen LogP contribution in [0.5, 0.6) is 0 Å². The Morgan fingerprint density at radius 2 is 1.94 bits per heavy atom. The van der Waals surface area contributed by atoms with Crippen LogP contribution < -0.4 is 11.3 Å². The molecule has 0 aliphatic heterocycles. The maximum absolute atomic E-state index is 13.7. The average Bonchev–Trinajstić information content (AvgIpc) is 2.35. The molecule has 0 radical (unpaired) electrons. The molecular formula is C15H23FN2. The van der Waals surface area contributed by atoms with Crippen LogP contribution in [-0.2, 0) is 0 Å². The van der Waals surface area contributed by atoms with Gasteiger partial charge in [0.1, 0.15) is 5.82 Å². The first-order valence-electron chi connectivity index (χ1n) is 6.79. The minimum Gasteiger partial charge on any atom is -0.271 e. The number of rotatable bonds is 3. The normalized spacial score (nSPS) is 20.7. The lowest BCUT2D eigenvalue weighted by molar-refractivity contribution is 0.145. The molecule has 1 saturated carbocycles. The predicted molar refractivity (Wildman–Crippen MR) is 72.4 cm³/mol. The summed E-state index contributed by atoms with van der Waals surface area (Å²) < 4.78 is 13.7. The molecule has 100 valence electrons. The van der Waals surface area contributed by atoms with E-state index in [1.165, 1.54) is 19.3 Å². The second-order valence-electron chi connectivity index (χ2n) is 5.82. The van der Waals surface area contributed by atoms with E-state index in [4.69, 9.17) is 5.84 Å². The van der Waals surface area contributed by atoms with E-state index in [2.05, 4.69) is 12.3 Å². The molecule has 2 rings (SSSR count). The molecule has 2 nitrogen and oxygen atoms in total. The van der Waals surface area contributed by atoms with Gasteiger partial charge in [-0.15, -0.1) is 0 Å². The number of nitrogens with two attached hydrogens (primary N) is 1. The number of hydrogen-bond donors (Lipinski definition) is 2. The third kappa shape index (κ3) is 2.57. The lowest BCUT2D eigenvalue weighted by Gasteiger charge is -2.40. The third-order valence-electron chi connectivity index (χ3n) is 4.39. The van der Waals surface area contributed by atoms with Crippen molar-refractivity contribution in [3.05, 3.63) is 35.1 Å². The van der Waals surface area contributed by atoms with E-state index in [0.29, 0.717) is 5.56 Å². The molecule has 0 bridgehead atoms. The van der Waals surface area contributed by atoms with Crippen molar-refractivity contribution in [3.8, 4) is 0 Å². The van der Waals surface area contributed by atoms with Crippen molar-refractivity contribution in [1.29, 1.82) is 0 Å². The predicted octanol–water partition coefficient (Wildman–Crippen LogP) is 3.61. The van der Waals surface area contributed by atoms with Crippen LogP contribution in [0.25, 0.3) is 0 Å². The Hall–Kier alpha value is -0.930. The first kappa shape index (κ1) is 13.5. The summed E-state index contributed by atoms with van der Waals surface area (Å²) in [6.45, 7) is 4.04. The van der Waals surface area contributed by atoms with Gasteiger partial charge >= 0.3 is 0 Å². The third-order valence-corrected chi connectivity index (χ3v) is 4.39. The summed E-state index contributed by atoms with van der Waals surface area (Å²) in [7, 11) is 0. The number of hydrazine groups is 1. The van der Waals surface area contributed by atoms with Gasteiger partial charge in [0.2, 0.25) is 0 Å². The lowest BCUT2D eigenvalue weighted by atomic mass is 9.69. The van der Waals surface area contributed by atoms with Crippen LogP contribution in [-0.4, -0.2) is 0 Å². The zero-order valence-electron chi connectivity index (χ0n) is 11.3. The van der Waals surface area contributed by atoms with Crippen molar-refractivity contribution < 1.29 is 4.39 Å². The van der Waals surface area contributed by atoms with Crippen LogP contribution in [0.4, 0.5) is 4.39 Å². The average molecular weight is 250 g/mol. The van der Waals surface area contributed by atoms with Gasteiger partial charge < -0.3 is 0 Å². The molecule has 3 heteroatoms. The van der Waals surface area contributed by atoms with E-state index in [0.717, 1.165) is 18.4 Å². The van der Waals surface area contributed by atoms with E-state index >= 15 is 0 Å². The fourth-order valence-corrected chi connectivity index (χ4v) is 3.14. The Morgan fingerprint density at radius 3 is 2.50 bits per heavy atom. The summed E-state index contributed by atoms with van der Waals surface area (Å²) in [5, 5.41) is 0. The zero-order valence-corrected chi connectivity index (χ0v) is 11.3. The topological polar surface area (TPSA) is 38.0 Å². The Morgan fingerprint density at radius 1 is 1.28 bits per heavy atom. The molecular weight excluding hydrogens is 227 g/mol. The van der Waals surface area contributed by atoms with Crippen LogP contribution in [0.15, 0.2) is 18.2 Å². The van der Waals surface area contributed by atoms with Crippen LogP contribution in [0, 0.1) is 18.2 Å². The van der Waals surface area contributed by atoms with Gasteiger partial charge in [-0.3, -0.25) is 11.3 Å². The van der Waals surface area contributed by atoms with Gasteiger partial charge in [0.15, 0.2) is 0 Å². The van der Waals surface area contributed by atoms with Crippen LogP contribution in [0.3, 0.4) is 0 Å². The van der Waals surface area contributed by atoms with E-state index < -0.39 is 0 Å². The highest BCUT2D eigenvalue weighted by molar-refractivity contribution is 5.27. The molecule has 1 aliphatic rings. The van der Waals surface area contributed by atoms with E-state index in [1.54, 1.807) is 13.0 Å². The van der Waals surface area contributed by atoms with E-state index in [9.17, 15) is 4.39 Å². The first-order chi connectivity index (χ1) is 8.57. The van der Waals surface area contributed by atoms with Gasteiger partial charge in [-0.2, -0.15) is 0 Å². The highest BCUT2D eigenvalue weighted by Gasteiger charge is 2.36. The molecule has 1 atom stereocenters. The van der Waals surface area contributed by atoms with E-state index in [1.807, 2.05) is 12.1 Å². The fourth-order valence-electron chi connectivity index (χ4n) is 3.14. The molecule has 1 fully saturated rings. The number of nitrogens with one attached hydrogen (secondary N) is 1. The minimum atomic E-state index is -0.146. The molecule has 0 aromatic heterocycles. The van der Waals surface area contributed by atoms with Crippen molar-refractivity contribution in [3.63, 3.8) is 0 Å². The van der Waals surface area contributed by atoms with Gasteiger partial charge in [-0.1, -0.05) is 38.3 Å². The first-order valence-corrected chi connectivity index (χ1v) is 6.79. The molecule has 1 aromatic rings. The van der Waals surface area contributed by atoms with Crippen molar-refractivity contribution in [2.24, 2.45) is 11.3 Å². The summed E-state index contributed by atoms with van der Waals surface area (Å²) in [6.07, 6.45) is 6.08. The highest BCUT2D eigenvalue weighted by atomic mass is 19.1. The maximum atomic E-state index is 13.7. The van der Waals surface area contributed by atoms with Crippen LogP contribution >= 0.6 is 0 Å². The Bertz CT molecular complexity index is 411. The molecule has 18 heavy (non-hydrogen) atoms. The second-order valence-corrected chi connectivity index (χ2v) is 5.82. The molecule has 1 aliphatic carbocycles. The smallest absolute Gasteiger partial charge is 0.126 e. The highest BCUT2D eigenvalue weighted by Crippen LogP contribution is 2.45. The van der Waals surface area contributed by atoms with Gasteiger partial charge in [-0.05, 0) is 42.4 Å². The monoisotopic (exact) mass is 250 g/mol. The molecule has 3 N–H and O–H groups in total. The molecule has 0 amide bonds. The van der Waals surface area contributed by atoms with Crippen molar-refractivity contribution in [2.75, 3.05) is 0 Å². The van der Waals surface area contributed by atoms with Crippen molar-refractivity contribution in [2.45, 2.75) is 52.0 Å². The molecule has 0 saturated heterocycles. The quantitative estimate of drug-likeness (QED) is 0.635. The Labute approximate surface area is 109 Å². The number of benzene rings is 1. The van der Waals surface area contributed by atoms with Gasteiger partial charge in [0.25, 0.3) is 0 Å². The van der Waals surface area contributed by atoms with Gasteiger partial charge in [-0.25, -0.2) is 4.39 Å². The van der Waals surface area contributed by atoms with Gasteiger partial charge in [0, 0.05) is 0 Å². The van der Waals surface area contributed by atoms with Crippen LogP contribution in [0.1, 0.15) is 56.2 Å². The summed E-state index contributed by atoms with van der Waals surface area (Å²) >= 11 is 0. The van der Waals surface area contributed by atoms with Crippen molar-refractivity contribution in [1.82, 2.24) is 5.43 Å². The standard InChI is InChI=1S/C15H23FN2/c1-11-6-7-12(10-13(11)16)14(18-17)15(2)8-4-3-5-9-15/h6-7,10,14,18H,3-5,8-9,17H2,1-2H3. The fraction of sp³-hybridized carbons (Fsp3) is 0.600. The summed E-state index contributed by atoms with van der Waals surface area (Å²) in [6, 6.07) is 5.48. The largest absolute Gasteiger partial charge is 0.271 e. The van der Waals surface area contributed by atoms with Crippen LogP contribution in [0.2, 0.25) is 0 Å². The van der Waals surface area contributed by atoms with Gasteiger partial charge in [0.05, 0.1) is 6.04 Å². The number of aryl methyl sites for hydroxylation is 1. The minimum absolute atomic E-state index is 0.0351. The Kier molecular flexibility index (Phi) is 4.03. The number of hydrogen-bond acceptors (Lipinski definition) is 2. The SMILES string of the molecule is Cc1ccc(C(NN)C2(C)CCCCC2)cc1F. The molecule has 1 aromatic carbocycles. The zero-order chi connectivity index (χ0) is 13.2. The summed E-state index contributed by atoms with van der Waals surface area (Å²) in [5.74, 6) is 5.59. The Balaban J connectivity index is 2.29. The van der Waals surface area contributed by atoms with Crippen molar-refractivity contribution >= 4 is 0 Å². The number of halogens is 1. The molecule has 0 heterocycles. The maximum Gasteiger partial charge on any atom is 0.126 e. The summed E-state index contributed by atoms with van der Waals surface area (Å²) in [5.41, 5.74) is 4.69. The second kappa shape index (κ2) is 5.37. The molecule has 1 unspecified atom stereocenters. The summed E-state index contributed by atoms with van der Waals surface area (Å²) in [4.78, 5) is 0. The molecule has 0 spiro atoms. The van der Waals surface area contributed by atoms with E-state index in [-0.39, 0.29) is 17.3 Å². The lowest BCUT2D eigenvalue weighted by Crippen LogP contribution is -2.41.